The van der Waals surface area contributed by atoms with Gasteiger partial charge in [0.05, 0.1) is 18.0 Å². The van der Waals surface area contributed by atoms with E-state index in [4.69, 9.17) is 10.6 Å². The molecule has 0 aromatic carbocycles. The van der Waals surface area contributed by atoms with E-state index >= 15 is 0 Å². The van der Waals surface area contributed by atoms with E-state index in [0.717, 1.165) is 22.4 Å². The van der Waals surface area contributed by atoms with E-state index in [1.165, 1.54) is 5.06 Å². The van der Waals surface area contributed by atoms with Crippen molar-refractivity contribution in [1.29, 1.82) is 0 Å². The second-order valence-electron chi connectivity index (χ2n) is 6.33. The maximum Gasteiger partial charge on any atom is 0.273 e. The van der Waals surface area contributed by atoms with Crippen molar-refractivity contribution in [2.75, 3.05) is 13.2 Å². The van der Waals surface area contributed by atoms with Gasteiger partial charge in [0.25, 0.3) is 5.91 Å². The molecular weight excluding hydrogens is 374 g/mol. The molecule has 0 bridgehead atoms. The summed E-state index contributed by atoms with van der Waals surface area (Å²) in [4.78, 5) is 32.2. The van der Waals surface area contributed by atoms with Crippen LogP contribution in [0.5, 0.6) is 0 Å². The maximum atomic E-state index is 12.9. The van der Waals surface area contributed by atoms with Gasteiger partial charge in [-0.2, -0.15) is 0 Å². The van der Waals surface area contributed by atoms with Crippen molar-refractivity contribution in [1.82, 2.24) is 15.0 Å². The molecule has 2 aromatic rings. The second-order valence-corrected chi connectivity index (χ2v) is 6.85. The molecule has 3 heterocycles. The summed E-state index contributed by atoms with van der Waals surface area (Å²) in [5.41, 5.74) is 9.52. The molecule has 28 heavy (non-hydrogen) atoms. The van der Waals surface area contributed by atoms with Gasteiger partial charge in [-0.05, 0) is 31.6 Å². The number of hydrogen-bond donors (Lipinski definition) is 2. The fourth-order valence-corrected chi connectivity index (χ4v) is 3.10. The molecular formula is C20H23N5O2S. The Balaban J connectivity index is 1.97. The fourth-order valence-electron chi connectivity index (χ4n) is 2.89. The number of nitrogens with two attached hydrogens (primary N) is 1. The Hall–Kier alpha value is -2.71. The highest BCUT2D eigenvalue weighted by atomic mass is 32.1. The number of hydroxylamine groups is 2. The molecule has 2 aromatic heterocycles. The summed E-state index contributed by atoms with van der Waals surface area (Å²) in [6.45, 7) is 4.76. The standard InChI is InChI=1S/C20H23N5O2S/c1-3-5-25(27-4-2)20(26)13-7-17-18(24-19(21)9-13)8-15(11-23-17)14-6-16(28)12-22-10-14/h6-8,10-12,28H,3-5,9H2,1-2H3,(H2,21,24). The molecule has 0 unspecified atom stereocenters. The third kappa shape index (κ3) is 4.58. The molecule has 1 aliphatic rings. The Labute approximate surface area is 169 Å². The molecule has 1 amide bonds. The van der Waals surface area contributed by atoms with E-state index in [0.29, 0.717) is 35.9 Å². The lowest BCUT2D eigenvalue weighted by Gasteiger charge is -2.21. The van der Waals surface area contributed by atoms with Crippen molar-refractivity contribution in [2.45, 2.75) is 31.6 Å². The van der Waals surface area contributed by atoms with Crippen LogP contribution in [0.25, 0.3) is 17.2 Å². The molecule has 0 radical (unpaired) electrons. The first-order chi connectivity index (χ1) is 13.5. The quantitative estimate of drug-likeness (QED) is 0.576. The fraction of sp³-hybridized carbons (Fsp3) is 0.300. The average molecular weight is 398 g/mol. The number of amidine groups is 1. The van der Waals surface area contributed by atoms with E-state index in [2.05, 4.69) is 27.6 Å². The highest BCUT2D eigenvalue weighted by Gasteiger charge is 2.22. The number of hydrogen-bond acceptors (Lipinski definition) is 7. The minimum atomic E-state index is -0.215. The van der Waals surface area contributed by atoms with Crippen molar-refractivity contribution in [3.8, 4) is 11.1 Å². The van der Waals surface area contributed by atoms with E-state index < -0.39 is 0 Å². The molecule has 2 N–H and O–H groups in total. The largest absolute Gasteiger partial charge is 0.387 e. The summed E-state index contributed by atoms with van der Waals surface area (Å²) < 4.78 is 0. The number of thiol groups is 1. The Morgan fingerprint density at radius 2 is 2.04 bits per heavy atom. The summed E-state index contributed by atoms with van der Waals surface area (Å²) in [7, 11) is 0. The van der Waals surface area contributed by atoms with Gasteiger partial charge in [0, 0.05) is 53.2 Å². The Kier molecular flexibility index (Phi) is 6.43. The second kappa shape index (κ2) is 8.99. The number of carbonyl (C=O) groups excluding carboxylic acids is 1. The molecule has 8 heteroatoms. The first-order valence-corrected chi connectivity index (χ1v) is 9.59. The summed E-state index contributed by atoms with van der Waals surface area (Å²) in [6, 6.07) is 3.79. The molecule has 7 nitrogen and oxygen atoms in total. The van der Waals surface area contributed by atoms with Crippen LogP contribution in [0.2, 0.25) is 0 Å². The van der Waals surface area contributed by atoms with Crippen molar-refractivity contribution in [2.24, 2.45) is 10.7 Å². The van der Waals surface area contributed by atoms with Crippen LogP contribution in [0.15, 0.2) is 46.2 Å². The first-order valence-electron chi connectivity index (χ1n) is 9.14. The van der Waals surface area contributed by atoms with Gasteiger partial charge in [-0.3, -0.25) is 19.6 Å². The van der Waals surface area contributed by atoms with Crippen molar-refractivity contribution in [3.05, 3.63) is 42.0 Å². The Morgan fingerprint density at radius 1 is 1.25 bits per heavy atom. The normalized spacial score (nSPS) is 13.2. The first kappa shape index (κ1) is 20.0. The van der Waals surface area contributed by atoms with Gasteiger partial charge in [-0.1, -0.05) is 6.92 Å². The van der Waals surface area contributed by atoms with Crippen LogP contribution < -0.4 is 5.73 Å². The summed E-state index contributed by atoms with van der Waals surface area (Å²) in [5, 5.41) is 1.38. The molecule has 0 saturated carbocycles. The zero-order valence-electron chi connectivity index (χ0n) is 15.9. The van der Waals surface area contributed by atoms with Crippen molar-refractivity contribution in [3.63, 3.8) is 0 Å². The zero-order chi connectivity index (χ0) is 20.1. The van der Waals surface area contributed by atoms with E-state index in [1.54, 1.807) is 24.7 Å². The number of nitrogens with zero attached hydrogens (tertiary/aromatic N) is 4. The lowest BCUT2D eigenvalue weighted by atomic mass is 10.1. The lowest BCUT2D eigenvalue weighted by molar-refractivity contribution is -0.180. The molecule has 1 aliphatic heterocycles. The number of pyridine rings is 2. The van der Waals surface area contributed by atoms with Crippen molar-refractivity contribution < 1.29 is 9.63 Å². The number of aromatic nitrogens is 2. The molecule has 146 valence electrons. The van der Waals surface area contributed by atoms with Gasteiger partial charge in [0.15, 0.2) is 0 Å². The van der Waals surface area contributed by atoms with Crippen LogP contribution in [-0.4, -0.2) is 39.9 Å². The van der Waals surface area contributed by atoms with Crippen LogP contribution in [0.3, 0.4) is 0 Å². The average Bonchev–Trinajstić information content (AvgIpc) is 2.84. The monoisotopic (exact) mass is 397 g/mol. The van der Waals surface area contributed by atoms with E-state index in [9.17, 15) is 4.79 Å². The highest BCUT2D eigenvalue weighted by molar-refractivity contribution is 7.80. The van der Waals surface area contributed by atoms with Crippen molar-refractivity contribution >= 4 is 36.1 Å². The Morgan fingerprint density at radius 3 is 2.75 bits per heavy atom. The topological polar surface area (TPSA) is 93.7 Å². The minimum absolute atomic E-state index is 0.215. The van der Waals surface area contributed by atoms with Crippen LogP contribution in [0.1, 0.15) is 32.4 Å². The van der Waals surface area contributed by atoms with Crippen LogP contribution in [-0.2, 0) is 9.63 Å². The van der Waals surface area contributed by atoms with Crippen LogP contribution >= 0.6 is 12.6 Å². The number of carbonyl (C=O) groups is 1. The van der Waals surface area contributed by atoms with E-state index in [1.807, 2.05) is 26.0 Å². The summed E-state index contributed by atoms with van der Waals surface area (Å²) in [6.07, 6.45) is 7.90. The van der Waals surface area contributed by atoms with Gasteiger partial charge in [-0.15, -0.1) is 12.6 Å². The smallest absolute Gasteiger partial charge is 0.273 e. The van der Waals surface area contributed by atoms with Gasteiger partial charge in [0.1, 0.15) is 5.84 Å². The molecule has 0 saturated heterocycles. The molecule has 0 aliphatic carbocycles. The third-order valence-electron chi connectivity index (χ3n) is 4.11. The SMILES string of the molecule is CCCN(OCC)C(=O)C1=Cc2ncc(-c3cncc(S)c3)cc2N=C(N)C1. The number of rotatable bonds is 6. The van der Waals surface area contributed by atoms with E-state index in [-0.39, 0.29) is 12.3 Å². The molecule has 0 spiro atoms. The molecule has 0 fully saturated rings. The highest BCUT2D eigenvalue weighted by Crippen LogP contribution is 2.30. The summed E-state index contributed by atoms with van der Waals surface area (Å²) >= 11 is 4.33. The minimum Gasteiger partial charge on any atom is -0.387 e. The van der Waals surface area contributed by atoms with Crippen LogP contribution in [0, 0.1) is 0 Å². The summed E-state index contributed by atoms with van der Waals surface area (Å²) in [5.74, 6) is 0.138. The number of fused-ring (bicyclic) bond motifs is 1. The number of amides is 1. The zero-order valence-corrected chi connectivity index (χ0v) is 16.8. The predicted octanol–water partition coefficient (Wildman–Crippen LogP) is 3.40. The van der Waals surface area contributed by atoms with Gasteiger partial charge in [-0.25, -0.2) is 10.1 Å². The predicted molar refractivity (Wildman–Crippen MR) is 112 cm³/mol. The maximum absolute atomic E-state index is 12.9. The van der Waals surface area contributed by atoms with Gasteiger partial charge < -0.3 is 5.73 Å². The van der Waals surface area contributed by atoms with Gasteiger partial charge in [0.2, 0.25) is 0 Å². The van der Waals surface area contributed by atoms with Gasteiger partial charge >= 0.3 is 0 Å². The Bertz CT molecular complexity index is 936. The lowest BCUT2D eigenvalue weighted by Crippen LogP contribution is -2.34. The number of aliphatic imine (C=N–C) groups is 1. The molecule has 0 atom stereocenters. The third-order valence-corrected chi connectivity index (χ3v) is 4.36. The van der Waals surface area contributed by atoms with Crippen LogP contribution in [0.4, 0.5) is 5.69 Å². The molecule has 3 rings (SSSR count).